The third-order valence-electron chi connectivity index (χ3n) is 7.28. The van der Waals surface area contributed by atoms with E-state index in [-0.39, 0.29) is 36.5 Å². The Morgan fingerprint density at radius 3 is 2.64 bits per heavy atom. The lowest BCUT2D eigenvalue weighted by Gasteiger charge is -2.36. The SMILES string of the molecule is CNC(=O)Cc1ccc(Nc2ncc(F)c(-c3c[nH]c4c(NC(=O)C(COC)N5CCN(C)CC5)cccc34)n2)cn1. The van der Waals surface area contributed by atoms with Gasteiger partial charge in [0.15, 0.2) is 5.82 Å². The van der Waals surface area contributed by atoms with Crippen molar-refractivity contribution >= 4 is 40.0 Å². The summed E-state index contributed by atoms with van der Waals surface area (Å²) in [6.07, 6.45) is 4.50. The molecule has 2 amide bonds. The van der Waals surface area contributed by atoms with Gasteiger partial charge in [-0.3, -0.25) is 19.5 Å². The number of fused-ring (bicyclic) bond motifs is 1. The molecule has 12 nitrogen and oxygen atoms in total. The minimum Gasteiger partial charge on any atom is -0.383 e. The first-order valence-electron chi connectivity index (χ1n) is 13.6. The molecule has 3 aromatic heterocycles. The van der Waals surface area contributed by atoms with Crippen molar-refractivity contribution in [3.05, 3.63) is 60.4 Å². The van der Waals surface area contributed by atoms with Crippen LogP contribution in [0, 0.1) is 5.82 Å². The topological polar surface area (TPSA) is 140 Å². The van der Waals surface area contributed by atoms with Crippen LogP contribution in [-0.4, -0.2) is 102 Å². The summed E-state index contributed by atoms with van der Waals surface area (Å²) >= 11 is 0. The molecular weight excluding hydrogens is 541 g/mol. The molecule has 13 heteroatoms. The van der Waals surface area contributed by atoms with Gasteiger partial charge in [-0.2, -0.15) is 0 Å². The van der Waals surface area contributed by atoms with E-state index in [1.807, 2.05) is 6.07 Å². The number of aromatic nitrogens is 4. The lowest BCUT2D eigenvalue weighted by atomic mass is 10.1. The number of rotatable bonds is 10. The number of halogens is 1. The van der Waals surface area contributed by atoms with Gasteiger partial charge in [0, 0.05) is 63.2 Å². The van der Waals surface area contributed by atoms with E-state index in [2.05, 4.69) is 52.7 Å². The number of nitrogens with zero attached hydrogens (tertiary/aromatic N) is 5. The number of carbonyl (C=O) groups excluding carboxylic acids is 2. The minimum atomic E-state index is -0.592. The first kappa shape index (κ1) is 29.0. The molecule has 0 aliphatic carbocycles. The molecule has 220 valence electrons. The van der Waals surface area contributed by atoms with Gasteiger partial charge in [-0.15, -0.1) is 0 Å². The molecule has 1 atom stereocenters. The number of methoxy groups -OCH3 is 1. The highest BCUT2D eigenvalue weighted by Crippen LogP contribution is 2.33. The Morgan fingerprint density at radius 1 is 1.12 bits per heavy atom. The predicted molar refractivity (Wildman–Crippen MR) is 158 cm³/mol. The maximum Gasteiger partial charge on any atom is 0.244 e. The number of benzene rings is 1. The van der Waals surface area contributed by atoms with Gasteiger partial charge < -0.3 is 30.6 Å². The van der Waals surface area contributed by atoms with Crippen molar-refractivity contribution in [3.8, 4) is 11.3 Å². The van der Waals surface area contributed by atoms with E-state index in [4.69, 9.17) is 4.74 Å². The Kier molecular flexibility index (Phi) is 9.00. The summed E-state index contributed by atoms with van der Waals surface area (Å²) in [4.78, 5) is 45.3. The first-order valence-corrected chi connectivity index (χ1v) is 13.6. The van der Waals surface area contributed by atoms with Crippen LogP contribution in [0.2, 0.25) is 0 Å². The van der Waals surface area contributed by atoms with Gasteiger partial charge >= 0.3 is 0 Å². The molecule has 1 unspecified atom stereocenters. The van der Waals surface area contributed by atoms with Crippen LogP contribution in [0.4, 0.5) is 21.7 Å². The lowest BCUT2D eigenvalue weighted by molar-refractivity contribution is -0.124. The molecule has 0 spiro atoms. The van der Waals surface area contributed by atoms with Crippen LogP contribution in [-0.2, 0) is 20.7 Å². The fraction of sp³-hybridized carbons (Fsp3) is 0.345. The molecule has 5 rings (SSSR count). The van der Waals surface area contributed by atoms with Gasteiger partial charge in [-0.05, 0) is 25.2 Å². The van der Waals surface area contributed by atoms with Gasteiger partial charge in [-0.1, -0.05) is 12.1 Å². The van der Waals surface area contributed by atoms with Crippen molar-refractivity contribution in [2.24, 2.45) is 0 Å². The number of hydrogen-bond donors (Lipinski definition) is 4. The Hall–Kier alpha value is -4.46. The van der Waals surface area contributed by atoms with Crippen LogP contribution >= 0.6 is 0 Å². The standard InChI is InChI=1S/C29H34FN9O3/c1-31-25(40)13-18-7-8-19(14-32-18)35-29-34-16-22(30)26(37-29)21-15-33-27-20(21)5-4-6-23(27)36-28(41)24(17-42-3)39-11-9-38(2)10-12-39/h4-8,14-16,24,33H,9-13,17H2,1-3H3,(H,31,40)(H,36,41)(H,34,35,37). The van der Waals surface area contributed by atoms with E-state index in [9.17, 15) is 9.59 Å². The van der Waals surface area contributed by atoms with Crippen molar-refractivity contribution in [2.75, 3.05) is 64.6 Å². The molecule has 0 saturated carbocycles. The summed E-state index contributed by atoms with van der Waals surface area (Å²) in [5.74, 6) is -0.716. The van der Waals surface area contributed by atoms with Gasteiger partial charge in [-0.25, -0.2) is 14.4 Å². The zero-order valence-electron chi connectivity index (χ0n) is 23.8. The van der Waals surface area contributed by atoms with E-state index in [0.717, 1.165) is 32.4 Å². The van der Waals surface area contributed by atoms with E-state index in [0.29, 0.717) is 33.5 Å². The summed E-state index contributed by atoms with van der Waals surface area (Å²) in [6.45, 7) is 3.58. The second-order valence-electron chi connectivity index (χ2n) is 10.1. The monoisotopic (exact) mass is 575 g/mol. The molecule has 0 radical (unpaired) electrons. The number of hydrogen-bond acceptors (Lipinski definition) is 9. The van der Waals surface area contributed by atoms with E-state index in [1.54, 1.807) is 50.8 Å². The van der Waals surface area contributed by atoms with Crippen LogP contribution in [0.5, 0.6) is 0 Å². The number of amides is 2. The summed E-state index contributed by atoms with van der Waals surface area (Å²) in [7, 11) is 5.23. The molecular formula is C29H34FN9O3. The van der Waals surface area contributed by atoms with Crippen molar-refractivity contribution in [1.82, 2.24) is 35.1 Å². The molecule has 1 aliphatic heterocycles. The second-order valence-corrected chi connectivity index (χ2v) is 10.1. The van der Waals surface area contributed by atoms with Gasteiger partial charge in [0.05, 0.1) is 42.3 Å². The number of nitrogens with one attached hydrogen (secondary N) is 4. The Morgan fingerprint density at radius 2 is 1.93 bits per heavy atom. The van der Waals surface area contributed by atoms with Gasteiger partial charge in [0.1, 0.15) is 11.7 Å². The number of carbonyl (C=O) groups is 2. The van der Waals surface area contributed by atoms with Crippen LogP contribution < -0.4 is 16.0 Å². The average molecular weight is 576 g/mol. The van der Waals surface area contributed by atoms with Crippen LogP contribution in [0.3, 0.4) is 0 Å². The number of aromatic amines is 1. The largest absolute Gasteiger partial charge is 0.383 e. The lowest BCUT2D eigenvalue weighted by Crippen LogP contribution is -2.54. The summed E-state index contributed by atoms with van der Waals surface area (Å²) in [5.41, 5.74) is 3.05. The van der Waals surface area contributed by atoms with Crippen LogP contribution in [0.25, 0.3) is 22.2 Å². The number of H-pyrrole nitrogens is 1. The highest BCUT2D eigenvalue weighted by Gasteiger charge is 2.29. The zero-order valence-corrected chi connectivity index (χ0v) is 23.8. The van der Waals surface area contributed by atoms with E-state index >= 15 is 4.39 Å². The molecule has 4 aromatic rings. The smallest absolute Gasteiger partial charge is 0.244 e. The molecule has 1 aliphatic rings. The van der Waals surface area contributed by atoms with Gasteiger partial charge in [0.25, 0.3) is 0 Å². The Bertz CT molecular complexity index is 1550. The zero-order chi connectivity index (χ0) is 29.6. The molecule has 4 N–H and O–H groups in total. The second kappa shape index (κ2) is 13.0. The highest BCUT2D eigenvalue weighted by atomic mass is 19.1. The fourth-order valence-corrected chi connectivity index (χ4v) is 4.91. The Labute approximate surface area is 242 Å². The average Bonchev–Trinajstić information content (AvgIpc) is 3.43. The molecule has 1 fully saturated rings. The van der Waals surface area contributed by atoms with Crippen LogP contribution in [0.1, 0.15) is 5.69 Å². The molecule has 4 heterocycles. The summed E-state index contributed by atoms with van der Waals surface area (Å²) < 4.78 is 20.4. The first-order chi connectivity index (χ1) is 20.4. The third kappa shape index (κ3) is 6.54. The quantitative estimate of drug-likeness (QED) is 0.224. The number of pyridine rings is 1. The molecule has 0 bridgehead atoms. The van der Waals surface area contributed by atoms with Crippen molar-refractivity contribution in [3.63, 3.8) is 0 Å². The van der Waals surface area contributed by atoms with Crippen molar-refractivity contribution < 1.29 is 18.7 Å². The van der Waals surface area contributed by atoms with Crippen molar-refractivity contribution in [2.45, 2.75) is 12.5 Å². The highest BCUT2D eigenvalue weighted by molar-refractivity contribution is 6.06. The fourth-order valence-electron chi connectivity index (χ4n) is 4.91. The number of anilines is 3. The normalized spacial score (nSPS) is 15.0. The maximum absolute atomic E-state index is 15.0. The molecule has 42 heavy (non-hydrogen) atoms. The van der Waals surface area contributed by atoms with Gasteiger partial charge in [0.2, 0.25) is 17.8 Å². The number of para-hydroxylation sites is 1. The maximum atomic E-state index is 15.0. The minimum absolute atomic E-state index is 0.0983. The van der Waals surface area contributed by atoms with Crippen molar-refractivity contribution in [1.29, 1.82) is 0 Å². The number of likely N-dealkylation sites (N-methyl/N-ethyl adjacent to an activating group) is 2. The van der Waals surface area contributed by atoms with E-state index in [1.165, 1.54) is 0 Å². The van der Waals surface area contributed by atoms with E-state index < -0.39 is 11.9 Å². The molecule has 1 aromatic carbocycles. The van der Waals surface area contributed by atoms with Crippen LogP contribution in [0.15, 0.2) is 48.9 Å². The summed E-state index contributed by atoms with van der Waals surface area (Å²) in [5, 5.41) is 9.33. The molecule has 1 saturated heterocycles. The predicted octanol–water partition coefficient (Wildman–Crippen LogP) is 2.39. The number of piperazine rings is 1. The third-order valence-corrected chi connectivity index (χ3v) is 7.28. The summed E-state index contributed by atoms with van der Waals surface area (Å²) in [6, 6.07) is 8.48. The Balaban J connectivity index is 1.36. The number of ether oxygens (including phenoxy) is 1.